The first-order valence-electron chi connectivity index (χ1n) is 9.47. The molecule has 3 N–H and O–H groups in total. The van der Waals surface area contributed by atoms with E-state index in [9.17, 15) is 18.0 Å². The number of nitrogens with one attached hydrogen (secondary N) is 1. The van der Waals surface area contributed by atoms with Crippen molar-refractivity contribution in [2.75, 3.05) is 16.9 Å². The number of thioether (sulfide) groups is 1. The van der Waals surface area contributed by atoms with Crippen LogP contribution in [0.5, 0.6) is 0 Å². The molecule has 0 aliphatic rings. The molecule has 0 bridgehead atoms. The Morgan fingerprint density at radius 3 is 2.31 bits per heavy atom. The predicted molar refractivity (Wildman–Crippen MR) is 120 cm³/mol. The van der Waals surface area contributed by atoms with Crippen LogP contribution in [-0.4, -0.2) is 26.5 Å². The number of anilines is 1. The van der Waals surface area contributed by atoms with Crippen molar-refractivity contribution >= 4 is 35.0 Å². The fourth-order valence-electron chi connectivity index (χ4n) is 2.81. The molecule has 2 aromatic carbocycles. The maximum atomic E-state index is 12.9. The van der Waals surface area contributed by atoms with Gasteiger partial charge in [-0.25, -0.2) is 4.68 Å². The van der Waals surface area contributed by atoms with Crippen LogP contribution in [0, 0.1) is 0 Å². The molecule has 0 aliphatic carbocycles. The van der Waals surface area contributed by atoms with Crippen LogP contribution in [0.3, 0.4) is 0 Å². The number of nitrogens with two attached hydrogens (primary N) is 1. The van der Waals surface area contributed by atoms with Crippen molar-refractivity contribution in [1.82, 2.24) is 14.9 Å². The molecule has 0 atom stereocenters. The van der Waals surface area contributed by atoms with Gasteiger partial charge in [-0.3, -0.25) is 4.79 Å². The van der Waals surface area contributed by atoms with Crippen molar-refractivity contribution in [1.29, 1.82) is 0 Å². The first-order chi connectivity index (χ1) is 14.9. The number of hydrogen-bond acceptors (Lipinski definition) is 5. The van der Waals surface area contributed by atoms with Crippen molar-refractivity contribution in [3.05, 3.63) is 58.6 Å². The summed E-state index contributed by atoms with van der Waals surface area (Å²) in [5, 5.41) is 10.7. The summed E-state index contributed by atoms with van der Waals surface area (Å²) in [7, 11) is 0. The largest absolute Gasteiger partial charge is 0.416 e. The van der Waals surface area contributed by atoms with Crippen LogP contribution in [0.4, 0.5) is 18.9 Å². The maximum absolute atomic E-state index is 12.9. The lowest BCUT2D eigenvalue weighted by Crippen LogP contribution is -2.17. The highest BCUT2D eigenvalue weighted by Gasteiger charge is 2.31. The molecule has 6 nitrogen and oxygen atoms in total. The molecule has 32 heavy (non-hydrogen) atoms. The normalized spacial score (nSPS) is 12.1. The van der Waals surface area contributed by atoms with Gasteiger partial charge in [0.1, 0.15) is 0 Å². The number of carbonyl (C=O) groups excluding carboxylic acids is 1. The van der Waals surface area contributed by atoms with Gasteiger partial charge in [0.05, 0.1) is 22.0 Å². The van der Waals surface area contributed by atoms with Crippen LogP contribution in [0.2, 0.25) is 5.02 Å². The average molecular weight is 484 g/mol. The molecule has 0 saturated carbocycles. The number of nitrogen functional groups attached to an aromatic ring is 1. The number of rotatable bonds is 5. The molecule has 0 radical (unpaired) electrons. The van der Waals surface area contributed by atoms with Gasteiger partial charge in [-0.2, -0.15) is 13.2 Å². The van der Waals surface area contributed by atoms with E-state index in [1.165, 1.54) is 4.68 Å². The third-order valence-electron chi connectivity index (χ3n) is 4.57. The number of amides is 1. The summed E-state index contributed by atoms with van der Waals surface area (Å²) in [6, 6.07) is 10.5. The van der Waals surface area contributed by atoms with Crippen LogP contribution in [0.1, 0.15) is 31.9 Å². The standard InChI is InChI=1S/C21H21ClF3N5OS/c1-20(2,3)13-6-4-12(5-7-13)18-28-29-19(30(18)26)32-11-17(31)27-16-10-14(21(23,24)25)8-9-15(16)22/h4-10H,11,26H2,1-3H3,(H,27,31). The van der Waals surface area contributed by atoms with E-state index in [0.717, 1.165) is 41.1 Å². The number of benzene rings is 2. The highest BCUT2D eigenvalue weighted by Crippen LogP contribution is 2.34. The summed E-state index contributed by atoms with van der Waals surface area (Å²) < 4.78 is 39.9. The topological polar surface area (TPSA) is 85.8 Å². The second kappa shape index (κ2) is 9.03. The first kappa shape index (κ1) is 23.9. The van der Waals surface area contributed by atoms with Crippen LogP contribution < -0.4 is 11.2 Å². The minimum absolute atomic E-state index is 0.000619. The zero-order valence-corrected chi connectivity index (χ0v) is 19.1. The van der Waals surface area contributed by atoms with E-state index in [4.69, 9.17) is 17.4 Å². The highest BCUT2D eigenvalue weighted by atomic mass is 35.5. The Labute approximate surface area is 192 Å². The monoisotopic (exact) mass is 483 g/mol. The molecule has 1 amide bonds. The molecule has 170 valence electrons. The molecular formula is C21H21ClF3N5OS. The summed E-state index contributed by atoms with van der Waals surface area (Å²) in [4.78, 5) is 12.2. The lowest BCUT2D eigenvalue weighted by Gasteiger charge is -2.19. The predicted octanol–water partition coefficient (Wildman–Crippen LogP) is 5.36. The number of carbonyl (C=O) groups is 1. The van der Waals surface area contributed by atoms with E-state index >= 15 is 0 Å². The van der Waals surface area contributed by atoms with Gasteiger partial charge in [0, 0.05) is 5.56 Å². The highest BCUT2D eigenvalue weighted by molar-refractivity contribution is 7.99. The SMILES string of the molecule is CC(C)(C)c1ccc(-c2nnc(SCC(=O)Nc3cc(C(F)(F)F)ccc3Cl)n2N)cc1. The molecule has 0 aliphatic heterocycles. The average Bonchev–Trinajstić information content (AvgIpc) is 3.07. The van der Waals surface area contributed by atoms with Gasteiger partial charge in [-0.1, -0.05) is 68.4 Å². The van der Waals surface area contributed by atoms with Crippen molar-refractivity contribution in [3.8, 4) is 11.4 Å². The van der Waals surface area contributed by atoms with Crippen molar-refractivity contribution in [3.63, 3.8) is 0 Å². The van der Waals surface area contributed by atoms with Gasteiger partial charge in [-0.15, -0.1) is 10.2 Å². The van der Waals surface area contributed by atoms with Crippen LogP contribution >= 0.6 is 23.4 Å². The molecule has 11 heteroatoms. The number of alkyl halides is 3. The summed E-state index contributed by atoms with van der Waals surface area (Å²) in [6.07, 6.45) is -4.55. The fourth-order valence-corrected chi connectivity index (χ4v) is 3.63. The summed E-state index contributed by atoms with van der Waals surface area (Å²) in [5.74, 6) is 5.80. The van der Waals surface area contributed by atoms with Gasteiger partial charge in [-0.05, 0) is 29.2 Å². The zero-order valence-electron chi connectivity index (χ0n) is 17.5. The Hall–Kier alpha value is -2.72. The van der Waals surface area contributed by atoms with E-state index in [2.05, 4.69) is 36.3 Å². The van der Waals surface area contributed by atoms with Crippen molar-refractivity contribution in [2.24, 2.45) is 0 Å². The molecule has 0 unspecified atom stereocenters. The Morgan fingerprint density at radius 2 is 1.72 bits per heavy atom. The van der Waals surface area contributed by atoms with E-state index in [1.54, 1.807) is 0 Å². The van der Waals surface area contributed by atoms with Gasteiger partial charge in [0.15, 0.2) is 5.82 Å². The van der Waals surface area contributed by atoms with Crippen LogP contribution in [-0.2, 0) is 16.4 Å². The van der Waals surface area contributed by atoms with Gasteiger partial charge >= 0.3 is 6.18 Å². The Balaban J connectivity index is 1.67. The van der Waals surface area contributed by atoms with Crippen LogP contribution in [0.25, 0.3) is 11.4 Å². The number of hydrogen-bond donors (Lipinski definition) is 2. The number of aromatic nitrogens is 3. The summed E-state index contributed by atoms with van der Waals surface area (Å²) >= 11 is 6.91. The smallest absolute Gasteiger partial charge is 0.335 e. The number of halogens is 4. The second-order valence-corrected chi connectivity index (χ2v) is 9.38. The van der Waals surface area contributed by atoms with E-state index < -0.39 is 17.6 Å². The minimum Gasteiger partial charge on any atom is -0.335 e. The molecule has 0 spiro atoms. The number of nitrogens with zero attached hydrogens (tertiary/aromatic N) is 3. The third-order valence-corrected chi connectivity index (χ3v) is 5.85. The maximum Gasteiger partial charge on any atom is 0.416 e. The van der Waals surface area contributed by atoms with E-state index in [0.29, 0.717) is 5.82 Å². The van der Waals surface area contributed by atoms with E-state index in [1.807, 2.05) is 24.3 Å². The molecular weight excluding hydrogens is 463 g/mol. The third kappa shape index (κ3) is 5.55. The van der Waals surface area contributed by atoms with Crippen molar-refractivity contribution in [2.45, 2.75) is 37.5 Å². The molecule has 0 saturated heterocycles. The molecule has 3 rings (SSSR count). The van der Waals surface area contributed by atoms with Crippen molar-refractivity contribution < 1.29 is 18.0 Å². The van der Waals surface area contributed by atoms with Gasteiger partial charge in [0.25, 0.3) is 0 Å². The quantitative estimate of drug-likeness (QED) is 0.377. The minimum atomic E-state index is -4.55. The molecule has 0 fully saturated rings. The molecule has 3 aromatic rings. The fraction of sp³-hybridized carbons (Fsp3) is 0.286. The van der Waals surface area contributed by atoms with Gasteiger partial charge in [0.2, 0.25) is 11.1 Å². The lowest BCUT2D eigenvalue weighted by molar-refractivity contribution is -0.137. The summed E-state index contributed by atoms with van der Waals surface area (Å²) in [5.41, 5.74) is 0.893. The lowest BCUT2D eigenvalue weighted by atomic mass is 9.87. The van der Waals surface area contributed by atoms with E-state index in [-0.39, 0.29) is 27.0 Å². The second-order valence-electron chi connectivity index (χ2n) is 8.03. The Morgan fingerprint density at radius 1 is 1.09 bits per heavy atom. The zero-order chi connectivity index (χ0) is 23.7. The summed E-state index contributed by atoms with van der Waals surface area (Å²) in [6.45, 7) is 6.33. The molecule has 1 aromatic heterocycles. The van der Waals surface area contributed by atoms with Crippen LogP contribution in [0.15, 0.2) is 47.6 Å². The molecule has 1 heterocycles. The van der Waals surface area contributed by atoms with Gasteiger partial charge < -0.3 is 11.2 Å². The Bertz CT molecular complexity index is 1120. The Kier molecular flexibility index (Phi) is 6.75. The first-order valence-corrected chi connectivity index (χ1v) is 10.8.